The van der Waals surface area contributed by atoms with Gasteiger partial charge in [0.15, 0.2) is 12.4 Å². The van der Waals surface area contributed by atoms with Crippen molar-refractivity contribution >= 4 is 17.5 Å². The van der Waals surface area contributed by atoms with Gasteiger partial charge < -0.3 is 19.5 Å². The molecule has 1 N–H and O–H groups in total. The average Bonchev–Trinajstić information content (AvgIpc) is 3.24. The summed E-state index contributed by atoms with van der Waals surface area (Å²) in [6, 6.07) is 6.97. The molecule has 0 bridgehead atoms. The van der Waals surface area contributed by atoms with E-state index in [1.54, 1.807) is 25.2 Å². The summed E-state index contributed by atoms with van der Waals surface area (Å²) in [6.07, 6.45) is -3.51. The summed E-state index contributed by atoms with van der Waals surface area (Å²) in [5.74, 6) is 0.203. The molecule has 0 fully saturated rings. The smallest absolute Gasteiger partial charge is 0.433 e. The standard InChI is InChI=1S/C20H16F3N5O4/c1-28-13-8-12(2-3-14(13)31-10-17(28)29)19-26-16(27-32-19)5-7-25-18(30)11-4-6-24-15(9-11)20(21,22)23/h2-4,6,8-9H,5,7,10H2,1H3,(H,25,30). The zero-order valence-corrected chi connectivity index (χ0v) is 16.6. The van der Waals surface area contributed by atoms with Crippen LogP contribution in [0.4, 0.5) is 18.9 Å². The van der Waals surface area contributed by atoms with E-state index in [0.717, 1.165) is 6.20 Å². The van der Waals surface area contributed by atoms with Crippen molar-refractivity contribution in [3.8, 4) is 17.2 Å². The van der Waals surface area contributed by atoms with Gasteiger partial charge in [0.2, 0.25) is 0 Å². The van der Waals surface area contributed by atoms with Gasteiger partial charge in [0.1, 0.15) is 11.4 Å². The Labute approximate surface area is 179 Å². The van der Waals surface area contributed by atoms with E-state index in [0.29, 0.717) is 28.9 Å². The van der Waals surface area contributed by atoms with Crippen LogP contribution in [-0.2, 0) is 17.4 Å². The number of carbonyl (C=O) groups excluding carboxylic acids is 2. The lowest BCUT2D eigenvalue weighted by Crippen LogP contribution is -2.35. The fourth-order valence-corrected chi connectivity index (χ4v) is 2.99. The molecule has 3 aromatic rings. The van der Waals surface area contributed by atoms with Crippen LogP contribution in [0.2, 0.25) is 0 Å². The molecule has 1 aromatic carbocycles. The minimum Gasteiger partial charge on any atom is -0.482 e. The molecule has 166 valence electrons. The first kappa shape index (κ1) is 21.3. The second-order valence-electron chi connectivity index (χ2n) is 6.87. The van der Waals surface area contributed by atoms with Gasteiger partial charge in [-0.15, -0.1) is 0 Å². The Morgan fingerprint density at radius 1 is 1.25 bits per heavy atom. The second kappa shape index (κ2) is 8.29. The number of carbonyl (C=O) groups is 2. The number of aromatic nitrogens is 3. The third-order valence-electron chi connectivity index (χ3n) is 4.71. The topological polar surface area (TPSA) is 110 Å². The molecule has 0 atom stereocenters. The van der Waals surface area contributed by atoms with E-state index in [-0.39, 0.29) is 36.9 Å². The monoisotopic (exact) mass is 447 g/mol. The van der Waals surface area contributed by atoms with E-state index in [1.165, 1.54) is 11.0 Å². The largest absolute Gasteiger partial charge is 0.482 e. The van der Waals surface area contributed by atoms with E-state index in [2.05, 4.69) is 20.4 Å². The highest BCUT2D eigenvalue weighted by Crippen LogP contribution is 2.34. The van der Waals surface area contributed by atoms with Crippen LogP contribution in [0.5, 0.6) is 5.75 Å². The summed E-state index contributed by atoms with van der Waals surface area (Å²) < 4.78 is 48.8. The lowest BCUT2D eigenvalue weighted by atomic mass is 10.1. The maximum Gasteiger partial charge on any atom is 0.433 e. The highest BCUT2D eigenvalue weighted by Gasteiger charge is 2.33. The first-order valence-corrected chi connectivity index (χ1v) is 9.40. The number of anilines is 1. The highest BCUT2D eigenvalue weighted by molar-refractivity contribution is 5.98. The molecule has 0 spiro atoms. The lowest BCUT2D eigenvalue weighted by molar-refractivity contribution is -0.141. The number of benzene rings is 1. The van der Waals surface area contributed by atoms with Crippen LogP contribution >= 0.6 is 0 Å². The molecule has 1 aliphatic rings. The van der Waals surface area contributed by atoms with E-state index in [4.69, 9.17) is 9.26 Å². The van der Waals surface area contributed by atoms with Crippen molar-refractivity contribution in [2.24, 2.45) is 0 Å². The lowest BCUT2D eigenvalue weighted by Gasteiger charge is -2.25. The van der Waals surface area contributed by atoms with E-state index in [1.807, 2.05) is 0 Å². The molecule has 0 saturated heterocycles. The van der Waals surface area contributed by atoms with E-state index >= 15 is 0 Å². The van der Waals surface area contributed by atoms with Crippen LogP contribution in [0.25, 0.3) is 11.5 Å². The van der Waals surface area contributed by atoms with Gasteiger partial charge in [-0.25, -0.2) is 0 Å². The molecule has 1 aliphatic heterocycles. The Kier molecular flexibility index (Phi) is 5.51. The Morgan fingerprint density at radius 3 is 2.84 bits per heavy atom. The number of hydrogen-bond donors (Lipinski definition) is 1. The third-order valence-corrected chi connectivity index (χ3v) is 4.71. The first-order valence-electron chi connectivity index (χ1n) is 9.40. The third kappa shape index (κ3) is 4.38. The van der Waals surface area contributed by atoms with Crippen LogP contribution in [0.3, 0.4) is 0 Å². The number of nitrogens with zero attached hydrogens (tertiary/aromatic N) is 4. The van der Waals surface area contributed by atoms with Crippen molar-refractivity contribution < 1.29 is 32.0 Å². The van der Waals surface area contributed by atoms with Gasteiger partial charge in [0.25, 0.3) is 17.7 Å². The molecule has 32 heavy (non-hydrogen) atoms. The molecule has 9 nitrogen and oxygen atoms in total. The van der Waals surface area contributed by atoms with Gasteiger partial charge in [0, 0.05) is 37.3 Å². The molecule has 3 heterocycles. The predicted molar refractivity (Wildman–Crippen MR) is 104 cm³/mol. The number of likely N-dealkylation sites (N-methyl/N-ethyl adjacent to an activating group) is 1. The molecule has 2 aromatic heterocycles. The Bertz CT molecular complexity index is 1180. The maximum atomic E-state index is 12.7. The van der Waals surface area contributed by atoms with E-state index in [9.17, 15) is 22.8 Å². The molecule has 4 rings (SSSR count). The Hall–Kier alpha value is -3.96. The van der Waals surface area contributed by atoms with Crippen molar-refractivity contribution in [2.45, 2.75) is 12.6 Å². The van der Waals surface area contributed by atoms with Crippen molar-refractivity contribution in [1.82, 2.24) is 20.4 Å². The van der Waals surface area contributed by atoms with Gasteiger partial charge in [-0.05, 0) is 30.3 Å². The van der Waals surface area contributed by atoms with Crippen LogP contribution in [0, 0.1) is 0 Å². The van der Waals surface area contributed by atoms with Crippen LogP contribution in [0.1, 0.15) is 21.9 Å². The number of amides is 2. The molecule has 12 heteroatoms. The fraction of sp³-hybridized carbons (Fsp3) is 0.250. The molecule has 2 amide bonds. The normalized spacial score (nSPS) is 13.5. The number of hydrogen-bond acceptors (Lipinski definition) is 7. The fourth-order valence-electron chi connectivity index (χ4n) is 2.99. The van der Waals surface area contributed by atoms with Gasteiger partial charge >= 0.3 is 6.18 Å². The molecule has 0 radical (unpaired) electrons. The number of fused-ring (bicyclic) bond motifs is 1. The quantitative estimate of drug-likeness (QED) is 0.640. The van der Waals surface area contributed by atoms with Crippen LogP contribution in [-0.4, -0.2) is 47.1 Å². The van der Waals surface area contributed by atoms with Crippen molar-refractivity contribution in [3.05, 3.63) is 53.6 Å². The van der Waals surface area contributed by atoms with E-state index < -0.39 is 17.8 Å². The maximum absolute atomic E-state index is 12.7. The Balaban J connectivity index is 1.38. The highest BCUT2D eigenvalue weighted by atomic mass is 19.4. The number of rotatable bonds is 5. The van der Waals surface area contributed by atoms with Crippen molar-refractivity contribution in [2.75, 3.05) is 25.1 Å². The van der Waals surface area contributed by atoms with Crippen LogP contribution < -0.4 is 15.0 Å². The minimum atomic E-state index is -4.64. The summed E-state index contributed by atoms with van der Waals surface area (Å²) in [6.45, 7) is 0.0486. The van der Waals surface area contributed by atoms with Crippen LogP contribution in [0.15, 0.2) is 41.1 Å². The zero-order valence-electron chi connectivity index (χ0n) is 16.6. The predicted octanol–water partition coefficient (Wildman–Crippen LogP) is 2.48. The number of nitrogens with one attached hydrogen (secondary N) is 1. The first-order chi connectivity index (χ1) is 15.2. The van der Waals surface area contributed by atoms with Gasteiger partial charge in [-0.1, -0.05) is 5.16 Å². The summed E-state index contributed by atoms with van der Waals surface area (Å²) in [5.41, 5.74) is -0.152. The average molecular weight is 447 g/mol. The molecule has 0 aliphatic carbocycles. The van der Waals surface area contributed by atoms with Gasteiger partial charge in [-0.2, -0.15) is 18.2 Å². The number of ether oxygens (including phenoxy) is 1. The summed E-state index contributed by atoms with van der Waals surface area (Å²) in [4.78, 5) is 32.9. The SMILES string of the molecule is CN1C(=O)COc2ccc(-c3nc(CCNC(=O)c4ccnc(C(F)(F)F)c4)no3)cc21. The molecule has 0 saturated carbocycles. The summed E-state index contributed by atoms with van der Waals surface area (Å²) >= 11 is 0. The molecular formula is C20H16F3N5O4. The van der Waals surface area contributed by atoms with Crippen molar-refractivity contribution in [1.29, 1.82) is 0 Å². The van der Waals surface area contributed by atoms with Gasteiger partial charge in [-0.3, -0.25) is 14.6 Å². The summed E-state index contributed by atoms with van der Waals surface area (Å²) in [7, 11) is 1.63. The summed E-state index contributed by atoms with van der Waals surface area (Å²) in [5, 5.41) is 6.36. The number of halogens is 3. The molecule has 0 unspecified atom stereocenters. The second-order valence-corrected chi connectivity index (χ2v) is 6.87. The van der Waals surface area contributed by atoms with Gasteiger partial charge in [0.05, 0.1) is 5.69 Å². The zero-order chi connectivity index (χ0) is 22.9. The number of pyridine rings is 1. The molecular weight excluding hydrogens is 431 g/mol. The minimum absolute atomic E-state index is 0.0315. The Morgan fingerprint density at radius 2 is 2.06 bits per heavy atom. The number of alkyl halides is 3. The van der Waals surface area contributed by atoms with Crippen molar-refractivity contribution in [3.63, 3.8) is 0 Å².